The van der Waals surface area contributed by atoms with Gasteiger partial charge in [-0.15, -0.1) is 11.3 Å². The number of benzene rings is 1. The third-order valence-corrected chi connectivity index (χ3v) is 3.91. The molecule has 0 saturated heterocycles. The maximum Gasteiger partial charge on any atom is 0.231 e. The van der Waals surface area contributed by atoms with Gasteiger partial charge in [0.1, 0.15) is 11.1 Å². The molecular formula is C13H9N3OS. The van der Waals surface area contributed by atoms with E-state index in [4.69, 9.17) is 5.26 Å². The van der Waals surface area contributed by atoms with Crippen LogP contribution in [0, 0.1) is 11.3 Å². The first-order chi connectivity index (χ1) is 8.69. The van der Waals surface area contributed by atoms with Crippen molar-refractivity contribution >= 4 is 22.9 Å². The highest BCUT2D eigenvalue weighted by atomic mass is 32.1. The van der Waals surface area contributed by atoms with E-state index >= 15 is 0 Å². The molecule has 0 bridgehead atoms. The molecule has 3 rings (SSSR count). The Labute approximate surface area is 108 Å². The zero-order chi connectivity index (χ0) is 12.7. The Morgan fingerprint density at radius 2 is 2.33 bits per heavy atom. The predicted molar refractivity (Wildman–Crippen MR) is 69.4 cm³/mol. The van der Waals surface area contributed by atoms with Crippen LogP contribution in [-0.2, 0) is 11.2 Å². The molecule has 1 aromatic heterocycles. The summed E-state index contributed by atoms with van der Waals surface area (Å²) < 4.78 is 0. The van der Waals surface area contributed by atoms with E-state index in [1.807, 2.05) is 24.3 Å². The molecule has 0 fully saturated rings. The summed E-state index contributed by atoms with van der Waals surface area (Å²) in [6.07, 6.45) is 0.441. The molecule has 0 radical (unpaired) electrons. The van der Waals surface area contributed by atoms with Crippen LogP contribution in [0.5, 0.6) is 0 Å². The fourth-order valence-electron chi connectivity index (χ4n) is 2.06. The number of likely N-dealkylation sites (N-methyl/N-ethyl adjacent to an activating group) is 1. The number of hydrogen-bond acceptors (Lipinski definition) is 4. The van der Waals surface area contributed by atoms with Gasteiger partial charge < -0.3 is 4.90 Å². The zero-order valence-electron chi connectivity index (χ0n) is 9.67. The van der Waals surface area contributed by atoms with Crippen molar-refractivity contribution in [3.63, 3.8) is 0 Å². The molecule has 0 unspecified atom stereocenters. The average molecular weight is 255 g/mol. The minimum Gasteiger partial charge on any atom is -0.315 e. The number of aromatic nitrogens is 1. The Balaban J connectivity index is 2.04. The van der Waals surface area contributed by atoms with Crippen molar-refractivity contribution in [2.24, 2.45) is 0 Å². The molecule has 1 aromatic carbocycles. The Bertz CT molecular complexity index is 684. The molecule has 0 N–H and O–H groups in total. The van der Waals surface area contributed by atoms with Crippen molar-refractivity contribution in [2.75, 3.05) is 11.9 Å². The van der Waals surface area contributed by atoms with Crippen molar-refractivity contribution in [2.45, 2.75) is 6.42 Å². The number of thiazole rings is 1. The Kier molecular flexibility index (Phi) is 2.39. The Hall–Kier alpha value is -2.19. The van der Waals surface area contributed by atoms with E-state index in [1.54, 1.807) is 17.3 Å². The molecule has 0 saturated carbocycles. The van der Waals surface area contributed by atoms with Gasteiger partial charge in [-0.1, -0.05) is 0 Å². The van der Waals surface area contributed by atoms with E-state index < -0.39 is 0 Å². The minimum atomic E-state index is 0.110. The molecule has 2 aromatic rings. The maximum absolute atomic E-state index is 11.6. The molecule has 0 spiro atoms. The topological polar surface area (TPSA) is 57.0 Å². The van der Waals surface area contributed by atoms with E-state index in [9.17, 15) is 4.79 Å². The molecule has 18 heavy (non-hydrogen) atoms. The monoisotopic (exact) mass is 255 g/mol. The fourth-order valence-corrected chi connectivity index (χ4v) is 2.80. The first kappa shape index (κ1) is 10.9. The standard InChI is InChI=1S/C13H9N3OS/c1-16-11-3-2-8(4-9(11)5-12(16)17)13-15-10(6-14)7-18-13/h2-4,7H,5H2,1H3. The highest BCUT2D eigenvalue weighted by molar-refractivity contribution is 7.13. The lowest BCUT2D eigenvalue weighted by atomic mass is 10.1. The molecule has 88 valence electrons. The van der Waals surface area contributed by atoms with Crippen LogP contribution in [0.2, 0.25) is 0 Å². The number of fused-ring (bicyclic) bond motifs is 1. The van der Waals surface area contributed by atoms with Crippen LogP contribution in [-0.4, -0.2) is 17.9 Å². The second-order valence-corrected chi connectivity index (χ2v) is 4.98. The van der Waals surface area contributed by atoms with Crippen LogP contribution >= 0.6 is 11.3 Å². The Morgan fingerprint density at radius 3 is 3.06 bits per heavy atom. The smallest absolute Gasteiger partial charge is 0.231 e. The summed E-state index contributed by atoms with van der Waals surface area (Å²) in [7, 11) is 1.78. The van der Waals surface area contributed by atoms with E-state index in [0.717, 1.165) is 21.8 Å². The van der Waals surface area contributed by atoms with Crippen molar-refractivity contribution < 1.29 is 4.79 Å². The van der Waals surface area contributed by atoms with E-state index in [1.165, 1.54) is 11.3 Å². The van der Waals surface area contributed by atoms with Gasteiger partial charge in [-0.05, 0) is 23.8 Å². The number of carbonyl (C=O) groups is 1. The lowest BCUT2D eigenvalue weighted by Gasteiger charge is -2.09. The number of nitriles is 1. The zero-order valence-corrected chi connectivity index (χ0v) is 10.5. The summed E-state index contributed by atoms with van der Waals surface area (Å²) in [6, 6.07) is 7.88. The summed E-state index contributed by atoms with van der Waals surface area (Å²) in [5.74, 6) is 0.110. The fraction of sp³-hybridized carbons (Fsp3) is 0.154. The summed E-state index contributed by atoms with van der Waals surface area (Å²) >= 11 is 1.44. The van der Waals surface area contributed by atoms with E-state index in [-0.39, 0.29) is 5.91 Å². The van der Waals surface area contributed by atoms with Crippen molar-refractivity contribution in [3.8, 4) is 16.6 Å². The van der Waals surface area contributed by atoms with Crippen LogP contribution in [0.25, 0.3) is 10.6 Å². The third kappa shape index (κ3) is 1.59. The molecular weight excluding hydrogens is 246 g/mol. The highest BCUT2D eigenvalue weighted by Crippen LogP contribution is 2.32. The molecule has 5 heteroatoms. The summed E-state index contributed by atoms with van der Waals surface area (Å²) in [6.45, 7) is 0. The predicted octanol–water partition coefficient (Wildman–Crippen LogP) is 2.20. The lowest BCUT2D eigenvalue weighted by molar-refractivity contribution is -0.117. The normalized spacial score (nSPS) is 13.6. The first-order valence-electron chi connectivity index (χ1n) is 5.44. The summed E-state index contributed by atoms with van der Waals surface area (Å²) in [4.78, 5) is 17.5. The van der Waals surface area contributed by atoms with Gasteiger partial charge in [0.15, 0.2) is 5.69 Å². The first-order valence-corrected chi connectivity index (χ1v) is 6.32. The quantitative estimate of drug-likeness (QED) is 0.785. The van der Waals surface area contributed by atoms with Crippen LogP contribution in [0.15, 0.2) is 23.6 Å². The van der Waals surface area contributed by atoms with Gasteiger partial charge in [0.05, 0.1) is 6.42 Å². The van der Waals surface area contributed by atoms with Gasteiger partial charge in [-0.2, -0.15) is 5.26 Å². The van der Waals surface area contributed by atoms with Crippen molar-refractivity contribution in [3.05, 3.63) is 34.8 Å². The SMILES string of the molecule is CN1C(=O)Cc2cc(-c3nc(C#N)cs3)ccc21. The maximum atomic E-state index is 11.6. The largest absolute Gasteiger partial charge is 0.315 e. The van der Waals surface area contributed by atoms with Gasteiger partial charge in [0.2, 0.25) is 5.91 Å². The van der Waals surface area contributed by atoms with Crippen LogP contribution in [0.1, 0.15) is 11.3 Å². The number of rotatable bonds is 1. The molecule has 1 aliphatic heterocycles. The molecule has 1 amide bonds. The summed E-state index contributed by atoms with van der Waals surface area (Å²) in [5, 5.41) is 11.3. The molecule has 0 aliphatic carbocycles. The Morgan fingerprint density at radius 1 is 1.50 bits per heavy atom. The minimum absolute atomic E-state index is 0.110. The van der Waals surface area contributed by atoms with Crippen LogP contribution in [0.4, 0.5) is 5.69 Å². The van der Waals surface area contributed by atoms with Crippen molar-refractivity contribution in [1.82, 2.24) is 4.98 Å². The number of nitrogens with zero attached hydrogens (tertiary/aromatic N) is 3. The molecule has 0 atom stereocenters. The van der Waals surface area contributed by atoms with E-state index in [0.29, 0.717) is 12.1 Å². The van der Waals surface area contributed by atoms with Gasteiger partial charge in [-0.25, -0.2) is 4.98 Å². The van der Waals surface area contributed by atoms with Gasteiger partial charge in [-0.3, -0.25) is 4.79 Å². The number of hydrogen-bond donors (Lipinski definition) is 0. The number of amides is 1. The van der Waals surface area contributed by atoms with Crippen LogP contribution < -0.4 is 4.90 Å². The summed E-state index contributed by atoms with van der Waals surface area (Å²) in [5.41, 5.74) is 3.38. The second kappa shape index (κ2) is 3.93. The second-order valence-electron chi connectivity index (χ2n) is 4.12. The number of carbonyl (C=O) groups excluding carboxylic acids is 1. The van der Waals surface area contributed by atoms with Crippen LogP contribution in [0.3, 0.4) is 0 Å². The van der Waals surface area contributed by atoms with Gasteiger partial charge in [0.25, 0.3) is 0 Å². The van der Waals surface area contributed by atoms with Gasteiger partial charge >= 0.3 is 0 Å². The van der Waals surface area contributed by atoms with E-state index in [2.05, 4.69) is 4.98 Å². The molecule has 4 nitrogen and oxygen atoms in total. The average Bonchev–Trinajstić information content (AvgIpc) is 2.95. The van der Waals surface area contributed by atoms with Crippen molar-refractivity contribution in [1.29, 1.82) is 5.26 Å². The molecule has 1 aliphatic rings. The number of anilines is 1. The molecule has 2 heterocycles. The third-order valence-electron chi connectivity index (χ3n) is 3.02. The highest BCUT2D eigenvalue weighted by Gasteiger charge is 2.24. The lowest BCUT2D eigenvalue weighted by Crippen LogP contribution is -2.20. The van der Waals surface area contributed by atoms with Gasteiger partial charge in [0, 0.05) is 23.7 Å².